The quantitative estimate of drug-likeness (QED) is 0.720. The van der Waals surface area contributed by atoms with Crippen molar-refractivity contribution in [3.8, 4) is 0 Å². The van der Waals surface area contributed by atoms with Gasteiger partial charge in [0.25, 0.3) is 0 Å². The summed E-state index contributed by atoms with van der Waals surface area (Å²) in [5.74, 6) is 0.0107. The molecule has 24 heavy (non-hydrogen) atoms. The van der Waals surface area contributed by atoms with E-state index in [9.17, 15) is 13.2 Å². The number of benzene rings is 2. The van der Waals surface area contributed by atoms with Gasteiger partial charge < -0.3 is 10.6 Å². The number of hydrogen-bond donors (Lipinski definition) is 3. The van der Waals surface area contributed by atoms with E-state index in [2.05, 4.69) is 15.4 Å². The molecular formula is C17H21N3O3S. The summed E-state index contributed by atoms with van der Waals surface area (Å²) < 4.78 is 25.4. The summed E-state index contributed by atoms with van der Waals surface area (Å²) in [6.07, 6.45) is 0.756. The summed E-state index contributed by atoms with van der Waals surface area (Å²) in [6.45, 7) is 2.10. The number of anilines is 2. The van der Waals surface area contributed by atoms with Crippen LogP contribution in [0.15, 0.2) is 54.6 Å². The molecule has 0 radical (unpaired) electrons. The second-order valence-electron chi connectivity index (χ2n) is 5.20. The number of hydrogen-bond acceptors (Lipinski definition) is 3. The molecule has 0 aliphatic rings. The molecule has 2 rings (SSSR count). The summed E-state index contributed by atoms with van der Waals surface area (Å²) in [4.78, 5) is 11.8. The Balaban J connectivity index is 1.79. The third kappa shape index (κ3) is 5.92. The molecule has 0 heterocycles. The van der Waals surface area contributed by atoms with Crippen LogP contribution in [0.2, 0.25) is 0 Å². The van der Waals surface area contributed by atoms with Crippen molar-refractivity contribution in [2.75, 3.05) is 22.3 Å². The summed E-state index contributed by atoms with van der Waals surface area (Å²) in [7, 11) is -3.30. The van der Waals surface area contributed by atoms with Gasteiger partial charge in [-0.2, -0.15) is 0 Å². The van der Waals surface area contributed by atoms with Gasteiger partial charge in [0.05, 0.1) is 5.75 Å². The van der Waals surface area contributed by atoms with E-state index in [0.717, 1.165) is 12.0 Å². The fourth-order valence-electron chi connectivity index (χ4n) is 2.01. The van der Waals surface area contributed by atoms with Gasteiger partial charge in [-0.25, -0.2) is 13.2 Å². The molecule has 0 aliphatic carbocycles. The SMILES string of the molecule is CCS(=O)(=O)Nc1ccc(NC(=O)NCCc2ccccc2)cc1. The number of nitrogens with one attached hydrogen (secondary N) is 3. The first-order valence-electron chi connectivity index (χ1n) is 7.68. The molecule has 0 aliphatic heterocycles. The highest BCUT2D eigenvalue weighted by molar-refractivity contribution is 7.92. The number of carbonyl (C=O) groups is 1. The maximum atomic E-state index is 11.8. The standard InChI is InChI=1S/C17H21N3O3S/c1-2-24(22,23)20-16-10-8-15(9-11-16)19-17(21)18-13-12-14-6-4-3-5-7-14/h3-11,20H,2,12-13H2,1H3,(H2,18,19,21). The van der Waals surface area contributed by atoms with E-state index in [-0.39, 0.29) is 11.8 Å². The summed E-state index contributed by atoms with van der Waals surface area (Å²) in [5.41, 5.74) is 2.21. The molecule has 3 N–H and O–H groups in total. The van der Waals surface area contributed by atoms with Crippen molar-refractivity contribution in [2.24, 2.45) is 0 Å². The number of sulfonamides is 1. The Morgan fingerprint density at radius 3 is 2.21 bits per heavy atom. The van der Waals surface area contributed by atoms with Crippen molar-refractivity contribution in [2.45, 2.75) is 13.3 Å². The molecule has 0 aromatic heterocycles. The molecule has 0 spiro atoms. The first kappa shape index (κ1) is 17.8. The van der Waals surface area contributed by atoms with Crippen LogP contribution in [0, 0.1) is 0 Å². The lowest BCUT2D eigenvalue weighted by atomic mass is 10.1. The predicted octanol–water partition coefficient (Wildman–Crippen LogP) is 2.81. The number of carbonyl (C=O) groups excluding carboxylic acids is 1. The minimum Gasteiger partial charge on any atom is -0.338 e. The number of urea groups is 1. The summed E-state index contributed by atoms with van der Waals surface area (Å²) >= 11 is 0. The van der Waals surface area contributed by atoms with E-state index in [4.69, 9.17) is 0 Å². The molecular weight excluding hydrogens is 326 g/mol. The molecule has 0 saturated carbocycles. The van der Waals surface area contributed by atoms with Crippen LogP contribution in [-0.2, 0) is 16.4 Å². The number of amides is 2. The molecule has 7 heteroatoms. The minimum atomic E-state index is -3.30. The number of rotatable bonds is 7. The Kier molecular flexibility index (Phi) is 6.20. The van der Waals surface area contributed by atoms with Gasteiger partial charge >= 0.3 is 6.03 Å². The van der Waals surface area contributed by atoms with Gasteiger partial charge in [0, 0.05) is 17.9 Å². The van der Waals surface area contributed by atoms with Crippen LogP contribution in [-0.4, -0.2) is 26.7 Å². The molecule has 0 bridgehead atoms. The molecule has 2 aromatic carbocycles. The Hall–Kier alpha value is -2.54. The fraction of sp³-hybridized carbons (Fsp3) is 0.235. The third-order valence-corrected chi connectivity index (χ3v) is 4.65. The van der Waals surface area contributed by atoms with Gasteiger partial charge in [-0.1, -0.05) is 30.3 Å². The van der Waals surface area contributed by atoms with E-state index in [1.54, 1.807) is 31.2 Å². The van der Waals surface area contributed by atoms with Crippen molar-refractivity contribution < 1.29 is 13.2 Å². The van der Waals surface area contributed by atoms with Crippen LogP contribution in [0.3, 0.4) is 0 Å². The Bertz CT molecular complexity index is 759. The zero-order valence-corrected chi connectivity index (χ0v) is 14.3. The molecule has 0 unspecified atom stereocenters. The van der Waals surface area contributed by atoms with Gasteiger partial charge in [0.2, 0.25) is 10.0 Å². The largest absolute Gasteiger partial charge is 0.338 e. The molecule has 6 nitrogen and oxygen atoms in total. The van der Waals surface area contributed by atoms with Crippen LogP contribution in [0.5, 0.6) is 0 Å². The second-order valence-corrected chi connectivity index (χ2v) is 7.21. The first-order valence-corrected chi connectivity index (χ1v) is 9.33. The third-order valence-electron chi connectivity index (χ3n) is 3.34. The van der Waals surface area contributed by atoms with Crippen molar-refractivity contribution in [1.29, 1.82) is 0 Å². The van der Waals surface area contributed by atoms with Gasteiger partial charge in [-0.15, -0.1) is 0 Å². The van der Waals surface area contributed by atoms with E-state index >= 15 is 0 Å². The molecule has 0 saturated heterocycles. The topological polar surface area (TPSA) is 87.3 Å². The zero-order valence-electron chi connectivity index (χ0n) is 13.5. The lowest BCUT2D eigenvalue weighted by Crippen LogP contribution is -2.30. The van der Waals surface area contributed by atoms with Crippen LogP contribution in [0.1, 0.15) is 12.5 Å². The van der Waals surface area contributed by atoms with Crippen molar-refractivity contribution >= 4 is 27.4 Å². The lowest BCUT2D eigenvalue weighted by molar-refractivity contribution is 0.252. The second kappa shape index (κ2) is 8.35. The van der Waals surface area contributed by atoms with Gasteiger partial charge in [-0.05, 0) is 43.2 Å². The Morgan fingerprint density at radius 2 is 1.58 bits per heavy atom. The monoisotopic (exact) mass is 347 g/mol. The van der Waals surface area contributed by atoms with E-state index < -0.39 is 10.0 Å². The highest BCUT2D eigenvalue weighted by Crippen LogP contribution is 2.14. The van der Waals surface area contributed by atoms with Crippen molar-refractivity contribution in [3.63, 3.8) is 0 Å². The average Bonchev–Trinajstić information content (AvgIpc) is 2.57. The van der Waals surface area contributed by atoms with Gasteiger partial charge in [-0.3, -0.25) is 4.72 Å². The smallest absolute Gasteiger partial charge is 0.319 e. The van der Waals surface area contributed by atoms with Gasteiger partial charge in [0.1, 0.15) is 0 Å². The highest BCUT2D eigenvalue weighted by Gasteiger charge is 2.07. The van der Waals surface area contributed by atoms with Crippen LogP contribution in [0.25, 0.3) is 0 Å². The van der Waals surface area contributed by atoms with Crippen LogP contribution < -0.4 is 15.4 Å². The van der Waals surface area contributed by atoms with Gasteiger partial charge in [0.15, 0.2) is 0 Å². The van der Waals surface area contributed by atoms with Crippen LogP contribution in [0.4, 0.5) is 16.2 Å². The molecule has 0 atom stereocenters. The Morgan fingerprint density at radius 1 is 0.958 bits per heavy atom. The predicted molar refractivity (Wildman–Crippen MR) is 96.7 cm³/mol. The van der Waals surface area contributed by atoms with E-state index in [1.807, 2.05) is 30.3 Å². The van der Waals surface area contributed by atoms with Crippen molar-refractivity contribution in [1.82, 2.24) is 5.32 Å². The zero-order chi connectivity index (χ0) is 17.4. The maximum absolute atomic E-state index is 11.8. The summed E-state index contributed by atoms with van der Waals surface area (Å²) in [5, 5.41) is 5.49. The summed E-state index contributed by atoms with van der Waals surface area (Å²) in [6, 6.07) is 16.1. The highest BCUT2D eigenvalue weighted by atomic mass is 32.2. The molecule has 0 fully saturated rings. The molecule has 2 amide bonds. The average molecular weight is 347 g/mol. The molecule has 128 valence electrons. The maximum Gasteiger partial charge on any atom is 0.319 e. The lowest BCUT2D eigenvalue weighted by Gasteiger charge is -2.09. The van der Waals surface area contributed by atoms with E-state index in [0.29, 0.717) is 17.9 Å². The first-order chi connectivity index (χ1) is 11.5. The fourth-order valence-corrected chi connectivity index (χ4v) is 2.65. The minimum absolute atomic E-state index is 0.0107. The van der Waals surface area contributed by atoms with E-state index in [1.165, 1.54) is 0 Å². The Labute approximate surface area is 142 Å². The normalized spacial score (nSPS) is 10.9. The van der Waals surface area contributed by atoms with Crippen molar-refractivity contribution in [3.05, 3.63) is 60.2 Å². The van der Waals surface area contributed by atoms with Crippen LogP contribution >= 0.6 is 0 Å². The molecule has 2 aromatic rings.